The fraction of sp³-hybridized carbons (Fsp3) is 0.545. The summed E-state index contributed by atoms with van der Waals surface area (Å²) in [4.78, 5) is 14.7. The van der Waals surface area contributed by atoms with E-state index < -0.39 is 6.04 Å². The van der Waals surface area contributed by atoms with Crippen LogP contribution in [0.25, 0.3) is 0 Å². The van der Waals surface area contributed by atoms with Crippen molar-refractivity contribution < 1.29 is 9.53 Å². The molecule has 100 valence electrons. The van der Waals surface area contributed by atoms with Crippen molar-refractivity contribution in [1.29, 1.82) is 0 Å². The van der Waals surface area contributed by atoms with Gasteiger partial charge >= 0.3 is 0 Å². The summed E-state index contributed by atoms with van der Waals surface area (Å²) >= 11 is 5.07. The molecule has 0 bridgehead atoms. The number of nitrogens with two attached hydrogens (primary N) is 2. The largest absolute Gasteiger partial charge is 0.378 e. The van der Waals surface area contributed by atoms with Crippen molar-refractivity contribution in [2.45, 2.75) is 12.1 Å². The lowest BCUT2D eigenvalue weighted by atomic mass is 10.1. The number of thiophene rings is 1. The smallest absolute Gasteiger partial charge is 0.237 e. The van der Waals surface area contributed by atoms with Gasteiger partial charge in [0.1, 0.15) is 6.04 Å². The van der Waals surface area contributed by atoms with Crippen molar-refractivity contribution in [3.63, 3.8) is 0 Å². The van der Waals surface area contributed by atoms with Gasteiger partial charge in [-0.15, -0.1) is 11.3 Å². The zero-order valence-corrected chi connectivity index (χ0v) is 12.2. The lowest BCUT2D eigenvalue weighted by Crippen LogP contribution is -2.54. The van der Waals surface area contributed by atoms with Crippen molar-refractivity contribution in [3.8, 4) is 0 Å². The normalized spacial score (nSPS) is 22.9. The molecular weight excluding hydrogens is 318 g/mol. The number of rotatable bonds is 4. The van der Waals surface area contributed by atoms with Gasteiger partial charge in [-0.05, 0) is 28.1 Å². The summed E-state index contributed by atoms with van der Waals surface area (Å²) in [5.41, 5.74) is 11.3. The van der Waals surface area contributed by atoms with Crippen molar-refractivity contribution in [2.75, 3.05) is 26.3 Å². The van der Waals surface area contributed by atoms with E-state index in [-0.39, 0.29) is 11.9 Å². The number of nitrogens with zero attached hydrogens (tertiary/aromatic N) is 1. The average Bonchev–Trinajstić information content (AvgIpc) is 2.77. The van der Waals surface area contributed by atoms with Crippen LogP contribution in [0.15, 0.2) is 15.9 Å². The molecule has 7 heteroatoms. The van der Waals surface area contributed by atoms with E-state index in [1.165, 1.54) is 0 Å². The fourth-order valence-corrected chi connectivity index (χ4v) is 3.72. The third-order valence-corrected chi connectivity index (χ3v) is 4.77. The predicted octanol–water partition coefficient (Wildman–Crippen LogP) is 0.697. The van der Waals surface area contributed by atoms with Crippen LogP contribution in [0, 0.1) is 0 Å². The molecule has 1 aromatic heterocycles. The lowest BCUT2D eigenvalue weighted by Gasteiger charge is -2.38. The number of hydrogen-bond donors (Lipinski definition) is 2. The van der Waals surface area contributed by atoms with E-state index >= 15 is 0 Å². The summed E-state index contributed by atoms with van der Waals surface area (Å²) in [6, 6.07) is 3.64. The summed E-state index contributed by atoms with van der Waals surface area (Å²) in [5, 5.41) is 0. The third kappa shape index (κ3) is 2.92. The molecule has 4 N–H and O–H groups in total. The number of halogens is 1. The summed E-state index contributed by atoms with van der Waals surface area (Å²) in [6.07, 6.45) is 0. The highest BCUT2D eigenvalue weighted by atomic mass is 79.9. The van der Waals surface area contributed by atoms with Crippen molar-refractivity contribution in [2.24, 2.45) is 11.5 Å². The summed E-state index contributed by atoms with van der Waals surface area (Å²) < 4.78 is 6.38. The molecule has 1 amide bonds. The van der Waals surface area contributed by atoms with E-state index in [0.717, 1.165) is 8.66 Å². The Kier molecular flexibility index (Phi) is 4.74. The third-order valence-electron chi connectivity index (χ3n) is 3.04. The average molecular weight is 334 g/mol. The molecule has 1 aliphatic rings. The summed E-state index contributed by atoms with van der Waals surface area (Å²) in [7, 11) is 0. The molecule has 0 aromatic carbocycles. The van der Waals surface area contributed by atoms with Crippen LogP contribution < -0.4 is 11.5 Å². The number of amides is 1. The van der Waals surface area contributed by atoms with E-state index in [1.807, 2.05) is 17.0 Å². The number of primary amides is 1. The molecule has 2 unspecified atom stereocenters. The Bertz CT molecular complexity index is 426. The second-order valence-corrected chi connectivity index (χ2v) is 6.62. The topological polar surface area (TPSA) is 81.6 Å². The van der Waals surface area contributed by atoms with Crippen molar-refractivity contribution >= 4 is 33.2 Å². The number of morpholine rings is 1. The Morgan fingerprint density at radius 2 is 2.44 bits per heavy atom. The maximum atomic E-state index is 11.5. The van der Waals surface area contributed by atoms with E-state index in [2.05, 4.69) is 15.9 Å². The van der Waals surface area contributed by atoms with Gasteiger partial charge in [-0.2, -0.15) is 0 Å². The van der Waals surface area contributed by atoms with Gasteiger partial charge < -0.3 is 16.2 Å². The Balaban J connectivity index is 2.22. The van der Waals surface area contributed by atoms with Crippen LogP contribution in [-0.4, -0.2) is 43.2 Å². The summed E-state index contributed by atoms with van der Waals surface area (Å²) in [5.74, 6) is -0.358. The molecule has 1 saturated heterocycles. The predicted molar refractivity (Wildman–Crippen MR) is 74.3 cm³/mol. The quantitative estimate of drug-likeness (QED) is 0.849. The first-order valence-corrected chi connectivity index (χ1v) is 7.32. The van der Waals surface area contributed by atoms with Gasteiger partial charge in [-0.25, -0.2) is 0 Å². The molecule has 18 heavy (non-hydrogen) atoms. The van der Waals surface area contributed by atoms with E-state index in [1.54, 1.807) is 11.3 Å². The van der Waals surface area contributed by atoms with Crippen molar-refractivity contribution in [3.05, 3.63) is 20.8 Å². The number of carbonyl (C=O) groups excluding carboxylic acids is 1. The van der Waals surface area contributed by atoms with Gasteiger partial charge in [-0.1, -0.05) is 0 Å². The first kappa shape index (κ1) is 14.0. The molecule has 5 nitrogen and oxygen atoms in total. The Morgan fingerprint density at radius 1 is 1.67 bits per heavy atom. The number of carbonyl (C=O) groups is 1. The molecule has 2 atom stereocenters. The Morgan fingerprint density at radius 3 is 3.00 bits per heavy atom. The molecule has 0 saturated carbocycles. The van der Waals surface area contributed by atoms with Crippen LogP contribution >= 0.6 is 27.3 Å². The zero-order valence-electron chi connectivity index (χ0n) is 9.84. The van der Waals surface area contributed by atoms with Gasteiger partial charge in [0, 0.05) is 18.0 Å². The van der Waals surface area contributed by atoms with E-state index in [0.29, 0.717) is 26.3 Å². The molecule has 0 spiro atoms. The zero-order chi connectivity index (χ0) is 13.1. The van der Waals surface area contributed by atoms with Gasteiger partial charge in [0.15, 0.2) is 0 Å². The highest BCUT2D eigenvalue weighted by molar-refractivity contribution is 9.11. The summed E-state index contributed by atoms with van der Waals surface area (Å²) in [6.45, 7) is 2.08. The van der Waals surface area contributed by atoms with Crippen LogP contribution in [0.1, 0.15) is 10.9 Å². The SMILES string of the molecule is NCC(c1ccc(Br)s1)N1CCOCC1C(N)=O. The number of hydrogen-bond acceptors (Lipinski definition) is 5. The van der Waals surface area contributed by atoms with Crippen LogP contribution in [-0.2, 0) is 9.53 Å². The van der Waals surface area contributed by atoms with Crippen LogP contribution in [0.2, 0.25) is 0 Å². The minimum Gasteiger partial charge on any atom is -0.378 e. The maximum Gasteiger partial charge on any atom is 0.237 e. The molecule has 2 heterocycles. The van der Waals surface area contributed by atoms with Gasteiger partial charge in [0.2, 0.25) is 5.91 Å². The standard InChI is InChI=1S/C11H16BrN3O2S/c12-10-2-1-9(18-10)7(5-13)15-3-4-17-6-8(15)11(14)16/h1-2,7-8H,3-6,13H2,(H2,14,16). The fourth-order valence-electron chi connectivity index (χ4n) is 2.16. The van der Waals surface area contributed by atoms with Gasteiger partial charge in [-0.3, -0.25) is 9.69 Å². The molecule has 1 aliphatic heterocycles. The maximum absolute atomic E-state index is 11.5. The number of ether oxygens (including phenoxy) is 1. The van der Waals surface area contributed by atoms with Gasteiger partial charge in [0.25, 0.3) is 0 Å². The lowest BCUT2D eigenvalue weighted by molar-refractivity contribution is -0.131. The monoisotopic (exact) mass is 333 g/mol. The second-order valence-electron chi connectivity index (χ2n) is 4.12. The minimum atomic E-state index is -0.395. The molecule has 1 fully saturated rings. The second kappa shape index (κ2) is 6.12. The molecule has 0 aliphatic carbocycles. The minimum absolute atomic E-state index is 0.0164. The molecule has 0 radical (unpaired) electrons. The van der Waals surface area contributed by atoms with Crippen LogP contribution in [0.5, 0.6) is 0 Å². The first-order valence-electron chi connectivity index (χ1n) is 5.71. The van der Waals surface area contributed by atoms with E-state index in [9.17, 15) is 4.79 Å². The molecule has 1 aromatic rings. The molecule has 2 rings (SSSR count). The van der Waals surface area contributed by atoms with Gasteiger partial charge in [0.05, 0.1) is 23.0 Å². The highest BCUT2D eigenvalue weighted by Crippen LogP contribution is 2.32. The first-order chi connectivity index (χ1) is 8.63. The van der Waals surface area contributed by atoms with Crippen LogP contribution in [0.3, 0.4) is 0 Å². The molecular formula is C11H16BrN3O2S. The van der Waals surface area contributed by atoms with Crippen LogP contribution in [0.4, 0.5) is 0 Å². The highest BCUT2D eigenvalue weighted by Gasteiger charge is 2.33. The Hall–Kier alpha value is -0.470. The van der Waals surface area contributed by atoms with E-state index in [4.69, 9.17) is 16.2 Å². The Labute approximate surface area is 118 Å². The van der Waals surface area contributed by atoms with Crippen molar-refractivity contribution in [1.82, 2.24) is 4.90 Å².